The third-order valence-electron chi connectivity index (χ3n) is 6.06. The van der Waals surface area contributed by atoms with Crippen molar-refractivity contribution < 1.29 is 4.79 Å². The fraction of sp³-hybridized carbons (Fsp3) is 0.632. The largest absolute Gasteiger partial charge is 0.337 e. The van der Waals surface area contributed by atoms with Crippen molar-refractivity contribution in [1.82, 2.24) is 5.32 Å². The van der Waals surface area contributed by atoms with Gasteiger partial charge in [-0.25, -0.2) is 4.79 Å². The Morgan fingerprint density at radius 2 is 1.77 bits per heavy atom. The first kappa shape index (κ1) is 14.1. The summed E-state index contributed by atoms with van der Waals surface area (Å²) in [5, 5.41) is 6.12. The molecule has 3 heteroatoms. The Hall–Kier alpha value is -1.51. The number of nitrogens with one attached hydrogen (secondary N) is 2. The van der Waals surface area contributed by atoms with E-state index in [-0.39, 0.29) is 6.03 Å². The number of hydrogen-bond donors (Lipinski definition) is 2. The average molecular weight is 298 g/mol. The zero-order valence-corrected chi connectivity index (χ0v) is 13.4. The van der Waals surface area contributed by atoms with E-state index in [4.69, 9.17) is 0 Å². The summed E-state index contributed by atoms with van der Waals surface area (Å²) in [6, 6.07) is 7.91. The number of benzene rings is 1. The van der Waals surface area contributed by atoms with Crippen molar-refractivity contribution in [2.75, 3.05) is 11.9 Å². The highest BCUT2D eigenvalue weighted by Crippen LogP contribution is 2.59. The molecule has 2 N–H and O–H groups in total. The van der Waals surface area contributed by atoms with E-state index in [0.717, 1.165) is 30.0 Å². The summed E-state index contributed by atoms with van der Waals surface area (Å²) in [7, 11) is 0. The van der Waals surface area contributed by atoms with Crippen LogP contribution in [-0.2, 0) is 0 Å². The molecule has 5 rings (SSSR count). The van der Waals surface area contributed by atoms with Gasteiger partial charge >= 0.3 is 6.03 Å². The number of rotatable bonds is 3. The predicted octanol–water partition coefficient (Wildman–Crippen LogP) is 4.33. The summed E-state index contributed by atoms with van der Waals surface area (Å²) in [5.74, 6) is 2.81. The molecule has 4 aliphatic rings. The Morgan fingerprint density at radius 3 is 2.36 bits per heavy atom. The summed E-state index contributed by atoms with van der Waals surface area (Å²) >= 11 is 0. The van der Waals surface area contributed by atoms with Gasteiger partial charge < -0.3 is 10.6 Å². The first-order chi connectivity index (χ1) is 10.6. The zero-order chi connectivity index (χ0) is 15.2. The number of anilines is 1. The predicted molar refractivity (Wildman–Crippen MR) is 88.8 cm³/mol. The van der Waals surface area contributed by atoms with Gasteiger partial charge in [0.25, 0.3) is 0 Å². The van der Waals surface area contributed by atoms with E-state index < -0.39 is 0 Å². The molecule has 0 spiro atoms. The van der Waals surface area contributed by atoms with Crippen molar-refractivity contribution in [3.05, 3.63) is 29.8 Å². The van der Waals surface area contributed by atoms with Crippen molar-refractivity contribution in [2.24, 2.45) is 23.2 Å². The molecule has 4 saturated carbocycles. The summed E-state index contributed by atoms with van der Waals surface area (Å²) in [6.45, 7) is 2.90. The van der Waals surface area contributed by atoms with E-state index in [0.29, 0.717) is 5.41 Å². The molecule has 0 aliphatic heterocycles. The average Bonchev–Trinajstić information content (AvgIpc) is 2.44. The number of amides is 2. The van der Waals surface area contributed by atoms with Crippen molar-refractivity contribution in [2.45, 2.75) is 45.4 Å². The Kier molecular flexibility index (Phi) is 3.39. The second kappa shape index (κ2) is 5.29. The first-order valence-corrected chi connectivity index (χ1v) is 8.72. The quantitative estimate of drug-likeness (QED) is 0.856. The van der Waals surface area contributed by atoms with Crippen LogP contribution in [0, 0.1) is 30.1 Å². The smallest absolute Gasteiger partial charge is 0.319 e. The summed E-state index contributed by atoms with van der Waals surface area (Å²) < 4.78 is 0. The molecule has 4 bridgehead atoms. The Morgan fingerprint density at radius 1 is 1.14 bits per heavy atom. The van der Waals surface area contributed by atoms with Crippen molar-refractivity contribution in [1.29, 1.82) is 0 Å². The van der Waals surface area contributed by atoms with Crippen LogP contribution in [0.3, 0.4) is 0 Å². The van der Waals surface area contributed by atoms with E-state index in [9.17, 15) is 4.79 Å². The number of hydrogen-bond acceptors (Lipinski definition) is 1. The Bertz CT molecular complexity index is 545. The van der Waals surface area contributed by atoms with Crippen LogP contribution in [0.1, 0.15) is 44.1 Å². The van der Waals surface area contributed by atoms with Gasteiger partial charge in [-0.1, -0.05) is 12.1 Å². The van der Waals surface area contributed by atoms with E-state index in [1.165, 1.54) is 44.1 Å². The standard InChI is InChI=1S/C19H26N2O/c1-13-3-2-4-17(5-13)21-18(22)20-12-19-9-14-6-15(10-19)8-16(7-14)11-19/h2-5,14-16H,6-12H2,1H3,(H2,20,21,22). The molecular weight excluding hydrogens is 272 g/mol. The molecular formula is C19H26N2O. The third kappa shape index (κ3) is 2.73. The SMILES string of the molecule is Cc1cccc(NC(=O)NCC23CC4CC(CC(C4)C2)C3)c1. The van der Waals surface area contributed by atoms with Gasteiger partial charge in [0.2, 0.25) is 0 Å². The van der Waals surface area contributed by atoms with Crippen LogP contribution < -0.4 is 10.6 Å². The molecule has 0 saturated heterocycles. The van der Waals surface area contributed by atoms with E-state index in [2.05, 4.69) is 10.6 Å². The summed E-state index contributed by atoms with van der Waals surface area (Å²) in [5.41, 5.74) is 2.44. The molecule has 118 valence electrons. The molecule has 3 nitrogen and oxygen atoms in total. The lowest BCUT2D eigenvalue weighted by Gasteiger charge is -2.56. The van der Waals surface area contributed by atoms with Crippen LogP contribution >= 0.6 is 0 Å². The molecule has 0 unspecified atom stereocenters. The summed E-state index contributed by atoms with van der Waals surface area (Å²) in [6.07, 6.45) is 8.37. The van der Waals surface area contributed by atoms with Crippen molar-refractivity contribution in [3.8, 4) is 0 Å². The van der Waals surface area contributed by atoms with Crippen molar-refractivity contribution >= 4 is 11.7 Å². The second-order valence-corrected chi connectivity index (χ2v) is 8.09. The molecule has 0 aromatic heterocycles. The van der Waals surface area contributed by atoms with Gasteiger partial charge in [0.05, 0.1) is 0 Å². The maximum absolute atomic E-state index is 12.2. The van der Waals surface area contributed by atoms with Crippen LogP contribution in [-0.4, -0.2) is 12.6 Å². The number of urea groups is 1. The maximum atomic E-state index is 12.2. The number of carbonyl (C=O) groups excluding carboxylic acids is 1. The van der Waals surface area contributed by atoms with Crippen LogP contribution in [0.15, 0.2) is 24.3 Å². The van der Waals surface area contributed by atoms with Gasteiger partial charge in [-0.2, -0.15) is 0 Å². The second-order valence-electron chi connectivity index (χ2n) is 8.09. The summed E-state index contributed by atoms with van der Waals surface area (Å²) in [4.78, 5) is 12.2. The van der Waals surface area contributed by atoms with E-state index in [1.54, 1.807) is 0 Å². The van der Waals surface area contributed by atoms with Crippen LogP contribution in [0.4, 0.5) is 10.5 Å². The van der Waals surface area contributed by atoms with E-state index >= 15 is 0 Å². The number of aryl methyl sites for hydroxylation is 1. The minimum Gasteiger partial charge on any atom is -0.337 e. The molecule has 4 fully saturated rings. The highest BCUT2D eigenvalue weighted by molar-refractivity contribution is 5.89. The molecule has 0 atom stereocenters. The molecule has 0 radical (unpaired) electrons. The van der Waals surface area contributed by atoms with Crippen molar-refractivity contribution in [3.63, 3.8) is 0 Å². The lowest BCUT2D eigenvalue weighted by Crippen LogP contribution is -2.51. The zero-order valence-electron chi connectivity index (χ0n) is 13.4. The lowest BCUT2D eigenvalue weighted by atomic mass is 9.49. The van der Waals surface area contributed by atoms with Gasteiger partial charge in [0.15, 0.2) is 0 Å². The van der Waals surface area contributed by atoms with Gasteiger partial charge in [0.1, 0.15) is 0 Å². The Labute approximate surface area is 132 Å². The Balaban J connectivity index is 1.35. The molecule has 0 heterocycles. The van der Waals surface area contributed by atoms with Crippen LogP contribution in [0.5, 0.6) is 0 Å². The van der Waals surface area contributed by atoms with E-state index in [1.807, 2.05) is 31.2 Å². The fourth-order valence-electron chi connectivity index (χ4n) is 5.67. The number of carbonyl (C=O) groups is 1. The highest BCUT2D eigenvalue weighted by Gasteiger charge is 2.50. The van der Waals surface area contributed by atoms with Gasteiger partial charge in [-0.15, -0.1) is 0 Å². The molecule has 2 amide bonds. The molecule has 1 aromatic rings. The molecule has 22 heavy (non-hydrogen) atoms. The lowest BCUT2D eigenvalue weighted by molar-refractivity contribution is -0.0496. The highest BCUT2D eigenvalue weighted by atomic mass is 16.2. The fourth-order valence-corrected chi connectivity index (χ4v) is 5.67. The topological polar surface area (TPSA) is 41.1 Å². The van der Waals surface area contributed by atoms with Crippen LogP contribution in [0.2, 0.25) is 0 Å². The molecule has 1 aromatic carbocycles. The normalized spacial score (nSPS) is 35.4. The van der Waals surface area contributed by atoms with Gasteiger partial charge in [-0.05, 0) is 86.3 Å². The monoisotopic (exact) mass is 298 g/mol. The minimum atomic E-state index is -0.0543. The van der Waals surface area contributed by atoms with Gasteiger partial charge in [0, 0.05) is 12.2 Å². The van der Waals surface area contributed by atoms with Crippen LogP contribution in [0.25, 0.3) is 0 Å². The molecule has 4 aliphatic carbocycles. The van der Waals surface area contributed by atoms with Gasteiger partial charge in [-0.3, -0.25) is 0 Å². The first-order valence-electron chi connectivity index (χ1n) is 8.72. The third-order valence-corrected chi connectivity index (χ3v) is 6.06. The minimum absolute atomic E-state index is 0.0543. The maximum Gasteiger partial charge on any atom is 0.319 e.